The Balaban J connectivity index is 1.88. The van der Waals surface area contributed by atoms with Crippen LogP contribution < -0.4 is 5.32 Å². The highest BCUT2D eigenvalue weighted by Crippen LogP contribution is 2.21. The maximum absolute atomic E-state index is 11.4. The Morgan fingerprint density at radius 3 is 2.76 bits per heavy atom. The predicted octanol–water partition coefficient (Wildman–Crippen LogP) is 3.50. The van der Waals surface area contributed by atoms with Gasteiger partial charge in [0.2, 0.25) is 5.91 Å². The molecule has 0 radical (unpaired) electrons. The molecular formula is C17H22N2OS. The van der Waals surface area contributed by atoms with Crippen LogP contribution in [0.3, 0.4) is 0 Å². The summed E-state index contributed by atoms with van der Waals surface area (Å²) in [6.45, 7) is 4.75. The third-order valence-corrected chi connectivity index (χ3v) is 4.50. The van der Waals surface area contributed by atoms with Gasteiger partial charge in [-0.1, -0.05) is 37.3 Å². The Morgan fingerprint density at radius 1 is 1.29 bits per heavy atom. The molecule has 21 heavy (non-hydrogen) atoms. The number of nitrogens with zero attached hydrogens (tertiary/aromatic N) is 1. The fourth-order valence-corrected chi connectivity index (χ4v) is 3.27. The zero-order chi connectivity index (χ0) is 15.1. The molecule has 0 spiro atoms. The Kier molecular flexibility index (Phi) is 5.93. The Morgan fingerprint density at radius 2 is 2.05 bits per heavy atom. The zero-order valence-corrected chi connectivity index (χ0v) is 13.5. The highest BCUT2D eigenvalue weighted by atomic mass is 32.1. The van der Waals surface area contributed by atoms with E-state index in [1.165, 1.54) is 10.4 Å². The van der Waals surface area contributed by atoms with Crippen molar-refractivity contribution in [1.82, 2.24) is 10.3 Å². The van der Waals surface area contributed by atoms with Gasteiger partial charge in [-0.3, -0.25) is 4.79 Å². The molecule has 0 unspecified atom stereocenters. The monoisotopic (exact) mass is 302 g/mol. The van der Waals surface area contributed by atoms with Crippen LogP contribution >= 0.6 is 11.3 Å². The van der Waals surface area contributed by atoms with E-state index in [-0.39, 0.29) is 5.91 Å². The van der Waals surface area contributed by atoms with Gasteiger partial charge >= 0.3 is 0 Å². The summed E-state index contributed by atoms with van der Waals surface area (Å²) in [5, 5.41) is 4.04. The van der Waals surface area contributed by atoms with Crippen molar-refractivity contribution in [2.24, 2.45) is 0 Å². The van der Waals surface area contributed by atoms with E-state index in [1.54, 1.807) is 11.3 Å². The average Bonchev–Trinajstić information content (AvgIpc) is 2.80. The number of carbonyl (C=O) groups is 1. The van der Waals surface area contributed by atoms with Crippen LogP contribution in [0.5, 0.6) is 0 Å². The van der Waals surface area contributed by atoms with Crippen LogP contribution in [0.25, 0.3) is 0 Å². The molecule has 0 fully saturated rings. The third-order valence-electron chi connectivity index (χ3n) is 3.28. The van der Waals surface area contributed by atoms with Gasteiger partial charge in [0.25, 0.3) is 0 Å². The van der Waals surface area contributed by atoms with Gasteiger partial charge < -0.3 is 5.32 Å². The average molecular weight is 302 g/mol. The first-order chi connectivity index (χ1) is 10.2. The van der Waals surface area contributed by atoms with Gasteiger partial charge in [0.15, 0.2) is 0 Å². The van der Waals surface area contributed by atoms with Crippen molar-refractivity contribution in [2.75, 3.05) is 6.54 Å². The maximum atomic E-state index is 11.4. The number of rotatable bonds is 7. The van der Waals surface area contributed by atoms with Crippen molar-refractivity contribution in [3.8, 4) is 0 Å². The van der Waals surface area contributed by atoms with Gasteiger partial charge in [0, 0.05) is 30.7 Å². The second-order valence-electron chi connectivity index (χ2n) is 5.13. The molecule has 0 bridgehead atoms. The van der Waals surface area contributed by atoms with Crippen molar-refractivity contribution in [2.45, 2.75) is 39.5 Å². The standard InChI is InChI=1S/C17H22N2OS/c1-3-7-16(20)18-11-10-17-19-13(2)15(21-17)12-14-8-5-4-6-9-14/h4-6,8-9H,3,7,10-12H2,1-2H3,(H,18,20). The molecule has 0 aliphatic rings. The zero-order valence-electron chi connectivity index (χ0n) is 12.7. The van der Waals surface area contributed by atoms with Crippen molar-refractivity contribution >= 4 is 17.2 Å². The molecule has 1 amide bonds. The number of aryl methyl sites for hydroxylation is 1. The van der Waals surface area contributed by atoms with Crippen LogP contribution in [0.2, 0.25) is 0 Å². The van der Waals surface area contributed by atoms with Crippen molar-refractivity contribution < 1.29 is 4.79 Å². The first kappa shape index (κ1) is 15.7. The lowest BCUT2D eigenvalue weighted by Gasteiger charge is -2.01. The summed E-state index contributed by atoms with van der Waals surface area (Å²) in [4.78, 5) is 17.4. The summed E-state index contributed by atoms with van der Waals surface area (Å²) in [6, 6.07) is 10.5. The topological polar surface area (TPSA) is 42.0 Å². The molecule has 1 aromatic carbocycles. The fourth-order valence-electron chi connectivity index (χ4n) is 2.16. The number of thiazole rings is 1. The molecule has 0 saturated heterocycles. The van der Waals surface area contributed by atoms with E-state index in [4.69, 9.17) is 0 Å². The lowest BCUT2D eigenvalue weighted by molar-refractivity contribution is -0.121. The minimum absolute atomic E-state index is 0.135. The Bertz CT molecular complexity index is 578. The molecule has 4 heteroatoms. The molecule has 2 aromatic rings. The van der Waals surface area contributed by atoms with Gasteiger partial charge in [0.05, 0.1) is 10.7 Å². The lowest BCUT2D eigenvalue weighted by Crippen LogP contribution is -2.25. The van der Waals surface area contributed by atoms with Gasteiger partial charge in [-0.15, -0.1) is 11.3 Å². The number of hydrogen-bond donors (Lipinski definition) is 1. The lowest BCUT2D eigenvalue weighted by atomic mass is 10.1. The normalized spacial score (nSPS) is 10.6. The summed E-state index contributed by atoms with van der Waals surface area (Å²) in [6.07, 6.45) is 3.25. The van der Waals surface area contributed by atoms with Gasteiger partial charge in [0.1, 0.15) is 0 Å². The largest absolute Gasteiger partial charge is 0.356 e. The molecule has 1 N–H and O–H groups in total. The number of amides is 1. The van der Waals surface area contributed by atoms with Gasteiger partial charge in [-0.2, -0.15) is 0 Å². The SMILES string of the molecule is CCCC(=O)NCCc1nc(C)c(Cc2ccccc2)s1. The third kappa shape index (κ3) is 4.97. The number of hydrogen-bond acceptors (Lipinski definition) is 3. The van der Waals surface area contributed by atoms with Crippen LogP contribution in [0.15, 0.2) is 30.3 Å². The number of aromatic nitrogens is 1. The van der Waals surface area contributed by atoms with E-state index in [0.717, 1.165) is 30.0 Å². The summed E-state index contributed by atoms with van der Waals surface area (Å²) in [5.41, 5.74) is 2.42. The van der Waals surface area contributed by atoms with Crippen LogP contribution in [-0.4, -0.2) is 17.4 Å². The number of benzene rings is 1. The Labute approximate surface area is 130 Å². The molecule has 1 heterocycles. The van der Waals surface area contributed by atoms with Crippen molar-refractivity contribution in [1.29, 1.82) is 0 Å². The predicted molar refractivity (Wildman–Crippen MR) is 87.7 cm³/mol. The summed E-state index contributed by atoms with van der Waals surface area (Å²) in [5.74, 6) is 0.135. The highest BCUT2D eigenvalue weighted by molar-refractivity contribution is 7.11. The highest BCUT2D eigenvalue weighted by Gasteiger charge is 2.08. The Hall–Kier alpha value is -1.68. The number of carbonyl (C=O) groups excluding carboxylic acids is 1. The van der Waals surface area contributed by atoms with E-state index < -0.39 is 0 Å². The smallest absolute Gasteiger partial charge is 0.219 e. The van der Waals surface area contributed by atoms with E-state index in [2.05, 4.69) is 41.5 Å². The second-order valence-corrected chi connectivity index (χ2v) is 6.30. The van der Waals surface area contributed by atoms with Crippen LogP contribution in [-0.2, 0) is 17.6 Å². The molecule has 0 atom stereocenters. The van der Waals surface area contributed by atoms with Crippen molar-refractivity contribution in [3.05, 3.63) is 51.5 Å². The van der Waals surface area contributed by atoms with E-state index in [9.17, 15) is 4.79 Å². The molecule has 112 valence electrons. The quantitative estimate of drug-likeness (QED) is 0.850. The number of nitrogens with one attached hydrogen (secondary N) is 1. The second kappa shape index (κ2) is 7.93. The first-order valence-electron chi connectivity index (χ1n) is 7.45. The maximum Gasteiger partial charge on any atom is 0.219 e. The molecule has 3 nitrogen and oxygen atoms in total. The van der Waals surface area contributed by atoms with E-state index in [1.807, 2.05) is 13.0 Å². The summed E-state index contributed by atoms with van der Waals surface area (Å²) in [7, 11) is 0. The molecule has 0 aliphatic heterocycles. The molecule has 2 rings (SSSR count). The van der Waals surface area contributed by atoms with Crippen LogP contribution in [0, 0.1) is 6.92 Å². The fraction of sp³-hybridized carbons (Fsp3) is 0.412. The molecular weight excluding hydrogens is 280 g/mol. The minimum atomic E-state index is 0.135. The molecule has 0 saturated carbocycles. The van der Waals surface area contributed by atoms with Crippen molar-refractivity contribution in [3.63, 3.8) is 0 Å². The summed E-state index contributed by atoms with van der Waals surface area (Å²) >= 11 is 1.76. The van der Waals surface area contributed by atoms with E-state index >= 15 is 0 Å². The van der Waals surface area contributed by atoms with Crippen LogP contribution in [0.4, 0.5) is 0 Å². The summed E-state index contributed by atoms with van der Waals surface area (Å²) < 4.78 is 0. The first-order valence-corrected chi connectivity index (χ1v) is 8.26. The van der Waals surface area contributed by atoms with Crippen LogP contribution in [0.1, 0.15) is 40.9 Å². The molecule has 0 aliphatic carbocycles. The molecule has 1 aromatic heterocycles. The van der Waals surface area contributed by atoms with E-state index in [0.29, 0.717) is 13.0 Å². The minimum Gasteiger partial charge on any atom is -0.356 e. The van der Waals surface area contributed by atoms with Gasteiger partial charge in [-0.05, 0) is 18.9 Å². The van der Waals surface area contributed by atoms with Gasteiger partial charge in [-0.25, -0.2) is 4.98 Å².